The molecular formula is C34H69NO5Si4. The molecule has 0 radical (unpaired) electrons. The van der Waals surface area contributed by atoms with E-state index in [0.717, 1.165) is 24.5 Å². The van der Waals surface area contributed by atoms with E-state index in [0.29, 0.717) is 35.9 Å². The zero-order valence-electron chi connectivity index (χ0n) is 31.3. The predicted molar refractivity (Wildman–Crippen MR) is 194 cm³/mol. The van der Waals surface area contributed by atoms with Crippen molar-refractivity contribution in [3.8, 4) is 0 Å². The quantitative estimate of drug-likeness (QED) is 0.123. The summed E-state index contributed by atoms with van der Waals surface area (Å²) in [7, 11) is -5.49. The Bertz CT molecular complexity index is 1050. The molecule has 0 aromatic heterocycles. The molecule has 0 saturated heterocycles. The van der Waals surface area contributed by atoms with Gasteiger partial charge in [0.2, 0.25) is 0 Å². The topological polar surface area (TPSA) is 58.5 Å². The van der Waals surface area contributed by atoms with Crippen LogP contribution in [0.25, 0.3) is 0 Å². The fourth-order valence-electron chi connectivity index (χ4n) is 10.3. The molecule has 9 atom stereocenters. The molecule has 10 heteroatoms. The molecule has 0 bridgehead atoms. The van der Waals surface area contributed by atoms with Gasteiger partial charge in [-0.25, -0.2) is 0 Å². The summed E-state index contributed by atoms with van der Waals surface area (Å²) in [6.45, 7) is 33.7. The number of rotatable bonds is 11. The van der Waals surface area contributed by atoms with Crippen LogP contribution in [0, 0.1) is 34.5 Å². The summed E-state index contributed by atoms with van der Waals surface area (Å²) in [5, 5.41) is 4.79. The van der Waals surface area contributed by atoms with Crippen LogP contribution >= 0.6 is 0 Å². The van der Waals surface area contributed by atoms with Crippen molar-refractivity contribution in [1.82, 2.24) is 0 Å². The van der Waals surface area contributed by atoms with E-state index in [1.165, 1.54) is 38.5 Å². The van der Waals surface area contributed by atoms with E-state index in [9.17, 15) is 0 Å². The first-order valence-corrected chi connectivity index (χ1v) is 31.4. The van der Waals surface area contributed by atoms with Gasteiger partial charge in [-0.3, -0.25) is 0 Å². The normalized spacial score (nSPS) is 40.3. The lowest BCUT2D eigenvalue weighted by atomic mass is 9.43. The number of oxime groups is 1. The van der Waals surface area contributed by atoms with Gasteiger partial charge in [-0.2, -0.15) is 0 Å². The van der Waals surface area contributed by atoms with E-state index in [2.05, 4.69) is 92.4 Å². The van der Waals surface area contributed by atoms with Gasteiger partial charge in [0.15, 0.2) is 33.3 Å². The third kappa shape index (κ3) is 7.73. The molecule has 4 rings (SSSR count). The van der Waals surface area contributed by atoms with Crippen molar-refractivity contribution in [3.05, 3.63) is 0 Å². The zero-order valence-corrected chi connectivity index (χ0v) is 35.3. The van der Waals surface area contributed by atoms with Gasteiger partial charge in [0, 0.05) is 17.6 Å². The van der Waals surface area contributed by atoms with E-state index >= 15 is 0 Å². The van der Waals surface area contributed by atoms with Gasteiger partial charge in [0.1, 0.15) is 18.4 Å². The molecule has 0 N–H and O–H groups in total. The van der Waals surface area contributed by atoms with Gasteiger partial charge in [0.05, 0.1) is 6.61 Å². The van der Waals surface area contributed by atoms with Crippen LogP contribution in [0.3, 0.4) is 0 Å². The van der Waals surface area contributed by atoms with E-state index in [4.69, 9.17) is 27.7 Å². The second kappa shape index (κ2) is 12.6. The summed E-state index contributed by atoms with van der Waals surface area (Å²) in [4.78, 5) is 5.62. The minimum atomic E-state index is -1.99. The third-order valence-corrected chi connectivity index (χ3v) is 15.5. The highest BCUT2D eigenvalue weighted by molar-refractivity contribution is 6.71. The molecule has 0 heterocycles. The van der Waals surface area contributed by atoms with Crippen LogP contribution in [-0.4, -0.2) is 70.5 Å². The second-order valence-corrected chi connectivity index (χ2v) is 37.2. The average Bonchev–Trinajstić information content (AvgIpc) is 3.10. The maximum Gasteiger partial charge on any atom is 0.185 e. The van der Waals surface area contributed by atoms with Gasteiger partial charge in [-0.15, -0.1) is 0 Å². The lowest BCUT2D eigenvalue weighted by Gasteiger charge is -2.65. The van der Waals surface area contributed by atoms with Crippen LogP contribution in [0.1, 0.15) is 65.2 Å². The first-order valence-electron chi connectivity index (χ1n) is 17.7. The number of fused-ring (bicyclic) bond motifs is 5. The molecule has 0 amide bonds. The lowest BCUT2D eigenvalue weighted by molar-refractivity contribution is -0.183. The largest absolute Gasteiger partial charge is 0.415 e. The summed E-state index contributed by atoms with van der Waals surface area (Å²) in [6.07, 6.45) is 10.2. The molecule has 0 spiro atoms. The molecule has 6 nitrogen and oxygen atoms in total. The fourth-order valence-corrected chi connectivity index (χ4v) is 14.7. The highest BCUT2D eigenvalue weighted by atomic mass is 28.4. The SMILES string of the molecule is CO/N=C(/CO[Si](C)(C)C)C1(O[Si](C)(C)C)CCC2C3CCC4CC(O[Si](C)(C)C)CCC4(C)C3C(O[Si](C)(C)C)CC21C. The molecule has 4 aliphatic rings. The van der Waals surface area contributed by atoms with Gasteiger partial charge < -0.3 is 22.5 Å². The first kappa shape index (κ1) is 37.0. The summed E-state index contributed by atoms with van der Waals surface area (Å²) in [5.74, 6) is 2.52. The molecule has 4 saturated carbocycles. The van der Waals surface area contributed by atoms with Crippen LogP contribution < -0.4 is 0 Å². The van der Waals surface area contributed by atoms with Crippen LogP contribution in [0.4, 0.5) is 0 Å². The molecule has 9 unspecified atom stereocenters. The second-order valence-electron chi connectivity index (χ2n) is 19.3. The van der Waals surface area contributed by atoms with E-state index < -0.39 is 38.9 Å². The van der Waals surface area contributed by atoms with Crippen LogP contribution in [0.15, 0.2) is 5.16 Å². The Balaban J connectivity index is 1.78. The van der Waals surface area contributed by atoms with Crippen molar-refractivity contribution in [2.75, 3.05) is 13.7 Å². The van der Waals surface area contributed by atoms with Crippen molar-refractivity contribution in [2.24, 2.45) is 39.7 Å². The maximum absolute atomic E-state index is 7.50. The van der Waals surface area contributed by atoms with Crippen LogP contribution in [0.5, 0.6) is 0 Å². The highest BCUT2D eigenvalue weighted by Gasteiger charge is 2.70. The zero-order chi connectivity index (χ0) is 33.1. The molecule has 4 fully saturated rings. The third-order valence-electron chi connectivity index (χ3n) is 11.5. The predicted octanol–water partition coefficient (Wildman–Crippen LogP) is 9.52. The molecule has 44 heavy (non-hydrogen) atoms. The Morgan fingerprint density at radius 3 is 1.93 bits per heavy atom. The Morgan fingerprint density at radius 2 is 1.39 bits per heavy atom. The Labute approximate surface area is 275 Å². The lowest BCUT2D eigenvalue weighted by Crippen LogP contribution is -2.66. The monoisotopic (exact) mass is 683 g/mol. The number of hydrogen-bond donors (Lipinski definition) is 0. The Hall–Kier alpha value is 0.178. The van der Waals surface area contributed by atoms with Gasteiger partial charge >= 0.3 is 0 Å². The van der Waals surface area contributed by atoms with Crippen LogP contribution in [0.2, 0.25) is 78.6 Å². The van der Waals surface area contributed by atoms with E-state index in [1.54, 1.807) is 7.11 Å². The Morgan fingerprint density at radius 1 is 0.750 bits per heavy atom. The van der Waals surface area contributed by atoms with E-state index in [1.807, 2.05) is 0 Å². The molecule has 0 aromatic rings. The molecular weight excluding hydrogens is 615 g/mol. The summed E-state index contributed by atoms with van der Waals surface area (Å²) in [6, 6.07) is 0. The summed E-state index contributed by atoms with van der Waals surface area (Å²) >= 11 is 0. The number of nitrogens with zero attached hydrogens (tertiary/aromatic N) is 1. The smallest absolute Gasteiger partial charge is 0.185 e. The van der Waals surface area contributed by atoms with Crippen molar-refractivity contribution in [3.63, 3.8) is 0 Å². The van der Waals surface area contributed by atoms with Crippen molar-refractivity contribution >= 4 is 39.0 Å². The maximum atomic E-state index is 7.50. The van der Waals surface area contributed by atoms with Crippen molar-refractivity contribution in [2.45, 2.75) is 162 Å². The van der Waals surface area contributed by atoms with E-state index in [-0.39, 0.29) is 11.5 Å². The summed E-state index contributed by atoms with van der Waals surface area (Å²) in [5.41, 5.74) is 0.678. The van der Waals surface area contributed by atoms with Gasteiger partial charge in [-0.05, 0) is 159 Å². The van der Waals surface area contributed by atoms with Crippen molar-refractivity contribution < 1.29 is 22.5 Å². The molecule has 4 aliphatic carbocycles. The summed E-state index contributed by atoms with van der Waals surface area (Å²) < 4.78 is 28.2. The minimum Gasteiger partial charge on any atom is -0.415 e. The Kier molecular flexibility index (Phi) is 10.6. The molecule has 0 aromatic carbocycles. The standard InChI is InChI=1S/C34H69NO5Si4/c1-32-20-18-26(38-42(7,8)9)22-25(32)16-17-27-28-19-21-34(40-44(13,14)15,30(35-36-3)24-37-41(4,5)6)33(28,2)23-29(31(27)32)39-43(10,11)12/h25-29,31H,16-24H2,1-15H3/b35-30-. The van der Waals surface area contributed by atoms with Gasteiger partial charge in [0.25, 0.3) is 0 Å². The average molecular weight is 684 g/mol. The van der Waals surface area contributed by atoms with Crippen LogP contribution in [-0.2, 0) is 22.5 Å². The minimum absolute atomic E-state index is 0.0970. The molecule has 256 valence electrons. The van der Waals surface area contributed by atoms with Gasteiger partial charge in [-0.1, -0.05) is 19.0 Å². The first-order chi connectivity index (χ1) is 19.9. The number of hydrogen-bond acceptors (Lipinski definition) is 6. The molecule has 0 aliphatic heterocycles. The fraction of sp³-hybridized carbons (Fsp3) is 0.971. The highest BCUT2D eigenvalue weighted by Crippen LogP contribution is 2.70. The van der Waals surface area contributed by atoms with Crippen molar-refractivity contribution in [1.29, 1.82) is 0 Å².